The Labute approximate surface area is 90.4 Å². The third-order valence-electron chi connectivity index (χ3n) is 2.09. The minimum atomic E-state index is -1.48. The van der Waals surface area contributed by atoms with Gasteiger partial charge in [0.2, 0.25) is 0 Å². The van der Waals surface area contributed by atoms with Gasteiger partial charge in [0, 0.05) is 6.42 Å². The topological polar surface area (TPSA) is 9.23 Å². The third-order valence-corrected chi connectivity index (χ3v) is 3.19. The summed E-state index contributed by atoms with van der Waals surface area (Å²) in [5.41, 5.74) is -0.0881. The van der Waals surface area contributed by atoms with Crippen molar-refractivity contribution in [3.63, 3.8) is 0 Å². The van der Waals surface area contributed by atoms with Crippen molar-refractivity contribution in [2.45, 2.75) is 64.8 Å². The van der Waals surface area contributed by atoms with Crippen LogP contribution in [0, 0.1) is 12.3 Å². The van der Waals surface area contributed by atoms with Crippen LogP contribution in [-0.2, 0) is 4.43 Å². The van der Waals surface area contributed by atoms with Gasteiger partial charge in [-0.15, -0.1) is 12.3 Å². The number of hydrogen-bond acceptors (Lipinski definition) is 1. The predicted molar refractivity (Wildman–Crippen MR) is 65.8 cm³/mol. The van der Waals surface area contributed by atoms with Crippen molar-refractivity contribution in [2.75, 3.05) is 0 Å². The molecule has 14 heavy (non-hydrogen) atoms. The Morgan fingerprint density at radius 2 is 1.93 bits per heavy atom. The third kappa shape index (κ3) is 6.23. The van der Waals surface area contributed by atoms with Crippen LogP contribution < -0.4 is 0 Å². The van der Waals surface area contributed by atoms with Gasteiger partial charge in [0.1, 0.15) is 0 Å². The molecule has 2 heteroatoms. The van der Waals surface area contributed by atoms with Gasteiger partial charge >= 0.3 is 0 Å². The number of hydrogen-bond donors (Lipinski definition) is 0. The zero-order chi connectivity index (χ0) is 11.2. The van der Waals surface area contributed by atoms with Gasteiger partial charge in [0.05, 0.1) is 5.60 Å². The monoisotopic (exact) mass is 212 g/mol. The van der Waals surface area contributed by atoms with Gasteiger partial charge in [0.25, 0.3) is 0 Å². The summed E-state index contributed by atoms with van der Waals surface area (Å²) in [5.74, 6) is 2.74. The molecule has 82 valence electrons. The lowest BCUT2D eigenvalue weighted by Gasteiger charge is -2.35. The summed E-state index contributed by atoms with van der Waals surface area (Å²) in [6.45, 7) is 11.0. The second-order valence-corrected chi connectivity index (χ2v) is 9.58. The molecule has 0 aliphatic rings. The average Bonchev–Trinajstić information content (AvgIpc) is 1.98. The molecular formula is C12H24OSi. The van der Waals surface area contributed by atoms with Crippen LogP contribution in [0.2, 0.25) is 19.6 Å². The lowest BCUT2D eigenvalue weighted by molar-refractivity contribution is 0.0739. The van der Waals surface area contributed by atoms with Crippen LogP contribution in [0.25, 0.3) is 0 Å². The Morgan fingerprint density at radius 3 is 2.29 bits per heavy atom. The first-order chi connectivity index (χ1) is 6.33. The first-order valence-corrected chi connectivity index (χ1v) is 8.87. The average molecular weight is 212 g/mol. The van der Waals surface area contributed by atoms with Gasteiger partial charge < -0.3 is 4.43 Å². The van der Waals surface area contributed by atoms with Crippen molar-refractivity contribution in [1.82, 2.24) is 0 Å². The zero-order valence-electron chi connectivity index (χ0n) is 10.3. The van der Waals surface area contributed by atoms with Gasteiger partial charge in [-0.25, -0.2) is 0 Å². The van der Waals surface area contributed by atoms with Crippen molar-refractivity contribution in [3.8, 4) is 12.3 Å². The normalized spacial score (nSPS) is 16.0. The maximum atomic E-state index is 6.16. The molecule has 0 N–H and O–H groups in total. The molecule has 0 heterocycles. The fourth-order valence-corrected chi connectivity index (χ4v) is 3.33. The first kappa shape index (κ1) is 13.7. The van der Waals surface area contributed by atoms with E-state index in [1.165, 1.54) is 12.8 Å². The van der Waals surface area contributed by atoms with Crippen LogP contribution in [-0.4, -0.2) is 13.9 Å². The quantitative estimate of drug-likeness (QED) is 0.480. The number of rotatable bonds is 6. The van der Waals surface area contributed by atoms with Crippen LogP contribution in [0.3, 0.4) is 0 Å². The summed E-state index contributed by atoms with van der Waals surface area (Å²) >= 11 is 0. The summed E-state index contributed by atoms with van der Waals surface area (Å²) < 4.78 is 6.16. The molecule has 0 saturated heterocycles. The van der Waals surface area contributed by atoms with E-state index in [0.717, 1.165) is 12.8 Å². The van der Waals surface area contributed by atoms with E-state index in [1.807, 2.05) is 0 Å². The highest BCUT2D eigenvalue weighted by atomic mass is 28.4. The Hall–Kier alpha value is -0.263. The van der Waals surface area contributed by atoms with Crippen LogP contribution in [0.5, 0.6) is 0 Å². The molecule has 0 aromatic carbocycles. The molecule has 1 nitrogen and oxygen atoms in total. The predicted octanol–water partition coefficient (Wildman–Crippen LogP) is 3.81. The van der Waals surface area contributed by atoms with E-state index in [2.05, 4.69) is 39.4 Å². The molecule has 1 atom stereocenters. The van der Waals surface area contributed by atoms with E-state index in [1.54, 1.807) is 0 Å². The Balaban J connectivity index is 4.32. The zero-order valence-corrected chi connectivity index (χ0v) is 11.3. The molecule has 0 rings (SSSR count). The fraction of sp³-hybridized carbons (Fsp3) is 0.833. The van der Waals surface area contributed by atoms with Crippen LogP contribution in [0.15, 0.2) is 0 Å². The minimum absolute atomic E-state index is 0.0881. The molecule has 0 spiro atoms. The van der Waals surface area contributed by atoms with Crippen LogP contribution in [0.1, 0.15) is 39.5 Å². The van der Waals surface area contributed by atoms with E-state index in [-0.39, 0.29) is 5.60 Å². The molecule has 0 aliphatic carbocycles. The summed E-state index contributed by atoms with van der Waals surface area (Å²) in [7, 11) is -1.48. The SMILES string of the molecule is C#CCC(C)(CCCC)O[Si](C)(C)C. The lowest BCUT2D eigenvalue weighted by Crippen LogP contribution is -2.40. The molecule has 0 bridgehead atoms. The lowest BCUT2D eigenvalue weighted by atomic mass is 9.96. The fourth-order valence-electron chi connectivity index (χ4n) is 1.68. The molecule has 0 radical (unpaired) electrons. The van der Waals surface area contributed by atoms with Gasteiger partial charge in [0.15, 0.2) is 8.32 Å². The molecule has 0 amide bonds. The van der Waals surface area contributed by atoms with Crippen LogP contribution >= 0.6 is 0 Å². The maximum Gasteiger partial charge on any atom is 0.184 e. The van der Waals surface area contributed by atoms with Crippen molar-refractivity contribution >= 4 is 8.32 Å². The molecule has 0 fully saturated rings. The number of terminal acetylenes is 1. The summed E-state index contributed by atoms with van der Waals surface area (Å²) in [6, 6.07) is 0. The highest BCUT2D eigenvalue weighted by Gasteiger charge is 2.30. The largest absolute Gasteiger partial charge is 0.411 e. The molecule has 0 aromatic rings. The second-order valence-electron chi connectivity index (χ2n) is 5.15. The summed E-state index contributed by atoms with van der Waals surface area (Å²) in [5, 5.41) is 0. The van der Waals surface area contributed by atoms with Crippen LogP contribution in [0.4, 0.5) is 0 Å². The van der Waals surface area contributed by atoms with Gasteiger partial charge in [-0.2, -0.15) is 0 Å². The van der Waals surface area contributed by atoms with Gasteiger partial charge in [-0.05, 0) is 33.0 Å². The molecule has 0 saturated carbocycles. The smallest absolute Gasteiger partial charge is 0.184 e. The maximum absolute atomic E-state index is 6.16. The van der Waals surface area contributed by atoms with E-state index in [9.17, 15) is 0 Å². The molecule has 0 aliphatic heterocycles. The highest BCUT2D eigenvalue weighted by Crippen LogP contribution is 2.26. The van der Waals surface area contributed by atoms with Gasteiger partial charge in [-0.3, -0.25) is 0 Å². The van der Waals surface area contributed by atoms with E-state index in [4.69, 9.17) is 10.8 Å². The van der Waals surface area contributed by atoms with E-state index < -0.39 is 8.32 Å². The summed E-state index contributed by atoms with van der Waals surface area (Å²) in [4.78, 5) is 0. The Kier molecular flexibility index (Phi) is 5.47. The van der Waals surface area contributed by atoms with Crippen molar-refractivity contribution < 1.29 is 4.43 Å². The highest BCUT2D eigenvalue weighted by molar-refractivity contribution is 6.69. The first-order valence-electron chi connectivity index (χ1n) is 5.46. The molecular weight excluding hydrogens is 188 g/mol. The van der Waals surface area contributed by atoms with E-state index in [0.29, 0.717) is 0 Å². The summed E-state index contributed by atoms with van der Waals surface area (Å²) in [6.07, 6.45) is 9.61. The Bertz CT molecular complexity index is 199. The minimum Gasteiger partial charge on any atom is -0.411 e. The standard InChI is InChI=1S/C12H24OSi/c1-7-9-11-12(3,10-8-2)13-14(4,5)6/h2H,7,9-11H2,1,3-6H3. The van der Waals surface area contributed by atoms with Crippen molar-refractivity contribution in [2.24, 2.45) is 0 Å². The van der Waals surface area contributed by atoms with E-state index >= 15 is 0 Å². The second kappa shape index (κ2) is 5.58. The molecule has 1 unspecified atom stereocenters. The Morgan fingerprint density at radius 1 is 1.36 bits per heavy atom. The number of unbranched alkanes of at least 4 members (excludes halogenated alkanes) is 1. The van der Waals surface area contributed by atoms with Gasteiger partial charge in [-0.1, -0.05) is 19.8 Å². The van der Waals surface area contributed by atoms with Crippen molar-refractivity contribution in [3.05, 3.63) is 0 Å². The molecule has 0 aromatic heterocycles. The van der Waals surface area contributed by atoms with Crippen molar-refractivity contribution in [1.29, 1.82) is 0 Å².